The molecule has 1 heterocycles. The van der Waals surface area contributed by atoms with Crippen molar-refractivity contribution in [3.63, 3.8) is 0 Å². The maximum Gasteiger partial charge on any atom is 0.407 e. The lowest BCUT2D eigenvalue weighted by molar-refractivity contribution is 0.0522. The lowest BCUT2D eigenvalue weighted by Gasteiger charge is -2.20. The molecule has 0 aliphatic carbocycles. The fourth-order valence-corrected chi connectivity index (χ4v) is 3.08. The smallest absolute Gasteiger partial charge is 0.407 e. The molecule has 0 saturated carbocycles. The number of fused-ring (bicyclic) bond motifs is 1. The van der Waals surface area contributed by atoms with Gasteiger partial charge in [-0.1, -0.05) is 48.5 Å². The Hall–Kier alpha value is -2.92. The van der Waals surface area contributed by atoms with Gasteiger partial charge in [0.1, 0.15) is 5.60 Å². The number of amides is 1. The molecule has 0 aliphatic heterocycles. The predicted octanol–water partition coefficient (Wildman–Crippen LogP) is 5.15. The van der Waals surface area contributed by atoms with Crippen LogP contribution >= 0.6 is 0 Å². The van der Waals surface area contributed by atoms with Crippen LogP contribution in [-0.4, -0.2) is 21.8 Å². The number of pyridine rings is 1. The third kappa shape index (κ3) is 5.33. The number of nitrogens with one attached hydrogen (secondary N) is 1. The summed E-state index contributed by atoms with van der Waals surface area (Å²) in [5, 5.41) is 15.1. The number of rotatable bonds is 4. The number of nitrogens with zero attached hydrogens (tertiary/aromatic N) is 1. The van der Waals surface area contributed by atoms with Crippen molar-refractivity contribution in [3.8, 4) is 11.3 Å². The second-order valence-electron chi connectivity index (χ2n) is 8.68. The monoisotopic (exact) mass is 392 g/mol. The van der Waals surface area contributed by atoms with Gasteiger partial charge in [0.05, 0.1) is 23.5 Å². The van der Waals surface area contributed by atoms with Crippen LogP contribution in [0.5, 0.6) is 0 Å². The van der Waals surface area contributed by atoms with Crippen molar-refractivity contribution < 1.29 is 14.6 Å². The summed E-state index contributed by atoms with van der Waals surface area (Å²) >= 11 is 0. The lowest BCUT2D eigenvalue weighted by Crippen LogP contribution is -2.32. The third-order valence-electron chi connectivity index (χ3n) is 4.47. The summed E-state index contributed by atoms with van der Waals surface area (Å²) in [6.45, 7) is 9.29. The minimum atomic E-state index is -0.896. The Balaban J connectivity index is 1.93. The van der Waals surface area contributed by atoms with Gasteiger partial charge in [-0.05, 0) is 51.6 Å². The van der Waals surface area contributed by atoms with Crippen molar-refractivity contribution in [1.82, 2.24) is 10.3 Å². The molecule has 0 spiro atoms. The van der Waals surface area contributed by atoms with Gasteiger partial charge in [0.15, 0.2) is 0 Å². The minimum Gasteiger partial charge on any atom is -0.444 e. The van der Waals surface area contributed by atoms with Crippen LogP contribution in [0, 0.1) is 0 Å². The van der Waals surface area contributed by atoms with Crippen molar-refractivity contribution in [2.45, 2.75) is 52.4 Å². The normalized spacial score (nSPS) is 12.1. The zero-order valence-electron chi connectivity index (χ0n) is 17.6. The molecule has 3 rings (SSSR count). The van der Waals surface area contributed by atoms with E-state index in [2.05, 4.69) is 5.32 Å². The average molecular weight is 392 g/mol. The molecule has 5 nitrogen and oxygen atoms in total. The first-order chi connectivity index (χ1) is 13.5. The van der Waals surface area contributed by atoms with Crippen LogP contribution in [0.2, 0.25) is 0 Å². The molecule has 0 fully saturated rings. The first-order valence-electron chi connectivity index (χ1n) is 9.72. The molecule has 2 aromatic carbocycles. The molecular weight excluding hydrogens is 364 g/mol. The van der Waals surface area contributed by atoms with E-state index >= 15 is 0 Å². The Morgan fingerprint density at radius 3 is 2.31 bits per heavy atom. The summed E-state index contributed by atoms with van der Waals surface area (Å²) in [6, 6.07) is 17.8. The Morgan fingerprint density at radius 2 is 1.69 bits per heavy atom. The summed E-state index contributed by atoms with van der Waals surface area (Å²) in [5.41, 5.74) is 1.94. The van der Waals surface area contributed by atoms with Crippen LogP contribution in [0.1, 0.15) is 45.9 Å². The molecule has 0 unspecified atom stereocenters. The van der Waals surface area contributed by atoms with Crippen LogP contribution in [0.4, 0.5) is 4.79 Å². The molecule has 0 aliphatic rings. The van der Waals surface area contributed by atoms with Crippen molar-refractivity contribution in [3.05, 3.63) is 65.9 Å². The van der Waals surface area contributed by atoms with Crippen LogP contribution in [0.3, 0.4) is 0 Å². The van der Waals surface area contributed by atoms with Crippen LogP contribution in [-0.2, 0) is 16.9 Å². The third-order valence-corrected chi connectivity index (χ3v) is 4.47. The number of hydrogen-bond acceptors (Lipinski definition) is 4. The number of carbonyl (C=O) groups is 1. The van der Waals surface area contributed by atoms with Gasteiger partial charge in [-0.25, -0.2) is 4.79 Å². The number of ether oxygens (including phenoxy) is 1. The van der Waals surface area contributed by atoms with Gasteiger partial charge in [-0.15, -0.1) is 0 Å². The van der Waals surface area contributed by atoms with E-state index in [1.165, 1.54) is 0 Å². The van der Waals surface area contributed by atoms with E-state index in [4.69, 9.17) is 9.72 Å². The first-order valence-corrected chi connectivity index (χ1v) is 9.72. The molecule has 0 saturated heterocycles. The highest BCUT2D eigenvalue weighted by Gasteiger charge is 2.18. The van der Waals surface area contributed by atoms with Crippen LogP contribution < -0.4 is 5.32 Å². The van der Waals surface area contributed by atoms with Gasteiger partial charge in [0.2, 0.25) is 0 Å². The van der Waals surface area contributed by atoms with E-state index in [1.54, 1.807) is 13.8 Å². The fraction of sp³-hybridized carbons (Fsp3) is 0.333. The Kier molecular flexibility index (Phi) is 5.62. The number of hydrogen-bond donors (Lipinski definition) is 2. The number of aromatic nitrogens is 1. The summed E-state index contributed by atoms with van der Waals surface area (Å²) in [5.74, 6) is 0. The van der Waals surface area contributed by atoms with Gasteiger partial charge >= 0.3 is 6.09 Å². The molecule has 152 valence electrons. The minimum absolute atomic E-state index is 0.272. The largest absolute Gasteiger partial charge is 0.444 e. The summed E-state index contributed by atoms with van der Waals surface area (Å²) in [7, 11) is 0. The van der Waals surface area contributed by atoms with Crippen molar-refractivity contribution >= 4 is 16.9 Å². The molecular formula is C24H28N2O3. The molecule has 0 bridgehead atoms. The van der Waals surface area contributed by atoms with E-state index in [0.717, 1.165) is 33.3 Å². The zero-order valence-corrected chi connectivity index (χ0v) is 17.6. The van der Waals surface area contributed by atoms with Crippen molar-refractivity contribution in [1.29, 1.82) is 0 Å². The van der Waals surface area contributed by atoms with E-state index in [9.17, 15) is 9.90 Å². The van der Waals surface area contributed by atoms with Crippen molar-refractivity contribution in [2.24, 2.45) is 0 Å². The molecule has 29 heavy (non-hydrogen) atoms. The maximum absolute atomic E-state index is 12.0. The molecule has 0 radical (unpaired) electrons. The standard InChI is InChI=1S/C24H28N2O3/c1-23(2,3)29-22(27)25-15-19-14-17-8-6-7-9-20(17)21(26-19)16-10-12-18(13-11-16)24(4,5)28/h6-14,28H,15H2,1-5H3,(H,25,27). The first kappa shape index (κ1) is 20.8. The second-order valence-corrected chi connectivity index (χ2v) is 8.68. The maximum atomic E-state index is 12.0. The molecule has 3 aromatic rings. The topological polar surface area (TPSA) is 71.5 Å². The van der Waals surface area contributed by atoms with E-state index in [0.29, 0.717) is 0 Å². The number of carbonyl (C=O) groups excluding carboxylic acids is 1. The Bertz CT molecular complexity index is 1010. The van der Waals surface area contributed by atoms with Gasteiger partial charge in [0.25, 0.3) is 0 Å². The molecule has 0 atom stereocenters. The summed E-state index contributed by atoms with van der Waals surface area (Å²) < 4.78 is 5.31. The second kappa shape index (κ2) is 7.84. The van der Waals surface area contributed by atoms with E-state index < -0.39 is 17.3 Å². The molecule has 5 heteroatoms. The van der Waals surface area contributed by atoms with Gasteiger partial charge in [-0.3, -0.25) is 4.98 Å². The zero-order chi connectivity index (χ0) is 21.2. The van der Waals surface area contributed by atoms with Gasteiger partial charge in [0, 0.05) is 10.9 Å². The van der Waals surface area contributed by atoms with Crippen LogP contribution in [0.25, 0.3) is 22.0 Å². The Labute approximate surface area is 171 Å². The van der Waals surface area contributed by atoms with Gasteiger partial charge < -0.3 is 15.2 Å². The highest BCUT2D eigenvalue weighted by Crippen LogP contribution is 2.29. The highest BCUT2D eigenvalue weighted by atomic mass is 16.6. The number of aliphatic hydroxyl groups is 1. The predicted molar refractivity (Wildman–Crippen MR) is 115 cm³/mol. The van der Waals surface area contributed by atoms with E-state index in [1.807, 2.05) is 75.4 Å². The lowest BCUT2D eigenvalue weighted by atomic mass is 9.95. The fourth-order valence-electron chi connectivity index (χ4n) is 3.08. The molecule has 1 amide bonds. The average Bonchev–Trinajstić information content (AvgIpc) is 2.64. The number of alkyl carbamates (subject to hydrolysis) is 1. The number of benzene rings is 2. The van der Waals surface area contributed by atoms with E-state index in [-0.39, 0.29) is 6.54 Å². The molecule has 1 aromatic heterocycles. The highest BCUT2D eigenvalue weighted by molar-refractivity contribution is 5.94. The van der Waals surface area contributed by atoms with Gasteiger partial charge in [-0.2, -0.15) is 0 Å². The SMILES string of the molecule is CC(C)(C)OC(=O)NCc1cc2ccccc2c(-c2ccc(C(C)(C)O)cc2)n1. The Morgan fingerprint density at radius 1 is 1.03 bits per heavy atom. The summed E-state index contributed by atoms with van der Waals surface area (Å²) in [6.07, 6.45) is -0.469. The molecule has 2 N–H and O–H groups in total. The van der Waals surface area contributed by atoms with Crippen LogP contribution in [0.15, 0.2) is 54.6 Å². The quantitative estimate of drug-likeness (QED) is 0.644. The summed E-state index contributed by atoms with van der Waals surface area (Å²) in [4.78, 5) is 16.8. The van der Waals surface area contributed by atoms with Crippen molar-refractivity contribution in [2.75, 3.05) is 0 Å².